The maximum atomic E-state index is 10.4. The van der Waals surface area contributed by atoms with Crippen molar-refractivity contribution in [3.63, 3.8) is 0 Å². The van der Waals surface area contributed by atoms with Gasteiger partial charge in [0.2, 0.25) is 5.89 Å². The lowest BCUT2D eigenvalue weighted by Gasteiger charge is -2.13. The molecule has 0 bridgehead atoms. The molecule has 148 valence electrons. The zero-order chi connectivity index (χ0) is 20.4. The molecule has 4 rings (SSSR count). The van der Waals surface area contributed by atoms with Crippen LogP contribution in [0, 0.1) is 6.92 Å². The molecule has 0 unspecified atom stereocenters. The third-order valence-corrected chi connectivity index (χ3v) is 4.92. The van der Waals surface area contributed by atoms with Crippen molar-refractivity contribution in [1.29, 1.82) is 0 Å². The SMILES string of the molecule is CCOc1cccc(CNc2cc(-c3nc4cc(Cl)ccc4o3)ccc2C)c1O. The number of nitrogens with zero attached hydrogens (tertiary/aromatic N) is 1. The number of aryl methyl sites for hydroxylation is 1. The van der Waals surface area contributed by atoms with Gasteiger partial charge < -0.3 is 19.6 Å². The number of fused-ring (bicyclic) bond motifs is 1. The van der Waals surface area contributed by atoms with Gasteiger partial charge in [0.05, 0.1) is 6.61 Å². The number of nitrogens with one attached hydrogen (secondary N) is 1. The summed E-state index contributed by atoms with van der Waals surface area (Å²) >= 11 is 6.04. The molecule has 0 atom stereocenters. The molecule has 4 aromatic rings. The lowest BCUT2D eigenvalue weighted by molar-refractivity contribution is 0.317. The zero-order valence-electron chi connectivity index (χ0n) is 16.2. The second-order valence-electron chi connectivity index (χ2n) is 6.71. The molecule has 2 N–H and O–H groups in total. The number of para-hydroxylation sites is 1. The smallest absolute Gasteiger partial charge is 0.227 e. The fourth-order valence-electron chi connectivity index (χ4n) is 3.14. The minimum absolute atomic E-state index is 0.159. The number of hydrogen-bond acceptors (Lipinski definition) is 5. The minimum Gasteiger partial charge on any atom is -0.504 e. The van der Waals surface area contributed by atoms with Crippen LogP contribution in [0.25, 0.3) is 22.6 Å². The summed E-state index contributed by atoms with van der Waals surface area (Å²) in [6, 6.07) is 16.8. The number of phenolic OH excluding ortho intramolecular Hbond substituents is 1. The van der Waals surface area contributed by atoms with Gasteiger partial charge in [-0.2, -0.15) is 0 Å². The average Bonchev–Trinajstić information content (AvgIpc) is 3.13. The van der Waals surface area contributed by atoms with Crippen LogP contribution in [0.5, 0.6) is 11.5 Å². The summed E-state index contributed by atoms with van der Waals surface area (Å²) in [7, 11) is 0. The van der Waals surface area contributed by atoms with E-state index in [2.05, 4.69) is 10.3 Å². The quantitative estimate of drug-likeness (QED) is 0.399. The molecule has 6 heteroatoms. The predicted octanol–water partition coefficient (Wildman–Crippen LogP) is 6.17. The summed E-state index contributed by atoms with van der Waals surface area (Å²) in [5.74, 6) is 1.18. The molecule has 0 spiro atoms. The van der Waals surface area contributed by atoms with Crippen molar-refractivity contribution in [2.45, 2.75) is 20.4 Å². The number of anilines is 1. The predicted molar refractivity (Wildman–Crippen MR) is 116 cm³/mol. The fourth-order valence-corrected chi connectivity index (χ4v) is 3.31. The maximum Gasteiger partial charge on any atom is 0.227 e. The summed E-state index contributed by atoms with van der Waals surface area (Å²) in [5.41, 5.74) is 5.05. The first kappa shape index (κ1) is 19.2. The van der Waals surface area contributed by atoms with Crippen LogP contribution in [0.2, 0.25) is 5.02 Å². The largest absolute Gasteiger partial charge is 0.504 e. The van der Waals surface area contributed by atoms with Gasteiger partial charge in [-0.15, -0.1) is 0 Å². The van der Waals surface area contributed by atoms with Crippen LogP contribution in [0.15, 0.2) is 59.0 Å². The molecule has 0 radical (unpaired) electrons. The topological polar surface area (TPSA) is 67.5 Å². The van der Waals surface area contributed by atoms with E-state index in [1.807, 2.05) is 50.2 Å². The van der Waals surface area contributed by atoms with E-state index in [9.17, 15) is 5.11 Å². The summed E-state index contributed by atoms with van der Waals surface area (Å²) in [6.07, 6.45) is 0. The summed E-state index contributed by atoms with van der Waals surface area (Å²) in [5, 5.41) is 14.4. The van der Waals surface area contributed by atoms with Gasteiger partial charge in [0.1, 0.15) is 5.52 Å². The van der Waals surface area contributed by atoms with Crippen molar-refractivity contribution in [1.82, 2.24) is 4.98 Å². The van der Waals surface area contributed by atoms with Gasteiger partial charge in [-0.3, -0.25) is 0 Å². The van der Waals surface area contributed by atoms with Crippen LogP contribution < -0.4 is 10.1 Å². The Morgan fingerprint density at radius 2 is 2.00 bits per heavy atom. The highest BCUT2D eigenvalue weighted by molar-refractivity contribution is 6.31. The van der Waals surface area contributed by atoms with Crippen LogP contribution in [0.1, 0.15) is 18.1 Å². The van der Waals surface area contributed by atoms with Gasteiger partial charge in [0.15, 0.2) is 17.1 Å². The van der Waals surface area contributed by atoms with Crippen LogP contribution in [0.4, 0.5) is 5.69 Å². The highest BCUT2D eigenvalue weighted by atomic mass is 35.5. The molecule has 0 aliphatic rings. The van der Waals surface area contributed by atoms with Crippen molar-refractivity contribution >= 4 is 28.4 Å². The second-order valence-corrected chi connectivity index (χ2v) is 7.15. The third-order valence-electron chi connectivity index (χ3n) is 4.69. The number of halogens is 1. The van der Waals surface area contributed by atoms with E-state index < -0.39 is 0 Å². The second kappa shape index (κ2) is 8.05. The third kappa shape index (κ3) is 4.00. The Balaban J connectivity index is 1.59. The first-order valence-corrected chi connectivity index (χ1v) is 9.77. The number of aromatic hydroxyl groups is 1. The summed E-state index contributed by atoms with van der Waals surface area (Å²) in [6.45, 7) is 4.87. The Bertz CT molecular complexity index is 1170. The molecule has 29 heavy (non-hydrogen) atoms. The number of ether oxygens (including phenoxy) is 1. The van der Waals surface area contributed by atoms with Crippen LogP contribution in [-0.2, 0) is 6.54 Å². The van der Waals surface area contributed by atoms with E-state index in [1.54, 1.807) is 18.2 Å². The minimum atomic E-state index is 0.159. The normalized spacial score (nSPS) is 11.0. The van der Waals surface area contributed by atoms with Gasteiger partial charge in [0.25, 0.3) is 0 Å². The van der Waals surface area contributed by atoms with Crippen molar-refractivity contribution < 1.29 is 14.3 Å². The first-order chi connectivity index (χ1) is 14.0. The Morgan fingerprint density at radius 3 is 2.83 bits per heavy atom. The fraction of sp³-hybridized carbons (Fsp3) is 0.174. The molecule has 0 aliphatic heterocycles. The number of rotatable bonds is 6. The van der Waals surface area contributed by atoms with E-state index in [1.165, 1.54) is 0 Å². The lowest BCUT2D eigenvalue weighted by Crippen LogP contribution is -2.02. The molecule has 1 aromatic heterocycles. The Morgan fingerprint density at radius 1 is 1.14 bits per heavy atom. The molecule has 1 heterocycles. The van der Waals surface area contributed by atoms with E-state index >= 15 is 0 Å². The molecule has 0 aliphatic carbocycles. The van der Waals surface area contributed by atoms with Crippen LogP contribution in [0.3, 0.4) is 0 Å². The molecule has 5 nitrogen and oxygen atoms in total. The number of benzene rings is 3. The zero-order valence-corrected chi connectivity index (χ0v) is 17.0. The monoisotopic (exact) mass is 408 g/mol. The number of aromatic nitrogens is 1. The van der Waals surface area contributed by atoms with Crippen molar-refractivity contribution in [2.24, 2.45) is 0 Å². The van der Waals surface area contributed by atoms with Crippen molar-refractivity contribution in [2.75, 3.05) is 11.9 Å². The molecule has 0 saturated carbocycles. The van der Waals surface area contributed by atoms with Gasteiger partial charge >= 0.3 is 0 Å². The maximum absolute atomic E-state index is 10.4. The van der Waals surface area contributed by atoms with Crippen LogP contribution >= 0.6 is 11.6 Å². The van der Waals surface area contributed by atoms with E-state index in [4.69, 9.17) is 20.8 Å². The average molecular weight is 409 g/mol. The highest BCUT2D eigenvalue weighted by Gasteiger charge is 2.12. The van der Waals surface area contributed by atoms with Crippen LogP contribution in [-0.4, -0.2) is 16.7 Å². The van der Waals surface area contributed by atoms with Gasteiger partial charge in [0, 0.05) is 28.4 Å². The molecule has 0 fully saturated rings. The van der Waals surface area contributed by atoms with Crippen molar-refractivity contribution in [3.05, 3.63) is 70.7 Å². The van der Waals surface area contributed by atoms with E-state index in [-0.39, 0.29) is 5.75 Å². The highest BCUT2D eigenvalue weighted by Crippen LogP contribution is 2.32. The molecular formula is C23H21ClN2O3. The molecule has 3 aromatic carbocycles. The standard InChI is InChI=1S/C23H21ClN2O3/c1-3-28-21-6-4-5-16(22(21)27)13-25-18-11-15(8-7-14(18)2)23-26-19-12-17(24)9-10-20(19)29-23/h4-12,25,27H,3,13H2,1-2H3. The van der Waals surface area contributed by atoms with E-state index in [0.717, 1.165) is 27.9 Å². The van der Waals surface area contributed by atoms with Gasteiger partial charge in [-0.05, 0) is 55.8 Å². The Kier molecular flexibility index (Phi) is 5.32. The van der Waals surface area contributed by atoms with Gasteiger partial charge in [-0.1, -0.05) is 29.8 Å². The molecule has 0 amide bonds. The summed E-state index contributed by atoms with van der Waals surface area (Å²) in [4.78, 5) is 4.54. The number of oxazole rings is 1. The first-order valence-electron chi connectivity index (χ1n) is 9.40. The molecule has 0 saturated heterocycles. The Labute approximate surface area is 173 Å². The van der Waals surface area contributed by atoms with Gasteiger partial charge in [-0.25, -0.2) is 4.98 Å². The van der Waals surface area contributed by atoms with E-state index in [0.29, 0.717) is 35.4 Å². The summed E-state index contributed by atoms with van der Waals surface area (Å²) < 4.78 is 11.3. The lowest BCUT2D eigenvalue weighted by atomic mass is 10.1. The van der Waals surface area contributed by atoms with Crippen molar-refractivity contribution in [3.8, 4) is 23.0 Å². The Hall–Kier alpha value is -3.18. The molecular weight excluding hydrogens is 388 g/mol. The number of hydrogen-bond donors (Lipinski definition) is 2. The number of phenols is 1.